The Morgan fingerprint density at radius 1 is 1.00 bits per heavy atom. The highest BCUT2D eigenvalue weighted by Crippen LogP contribution is 2.31. The minimum atomic E-state index is -0.402. The average molecular weight is 425 g/mol. The lowest BCUT2D eigenvalue weighted by molar-refractivity contribution is -0.384. The molecule has 0 spiro atoms. The summed E-state index contributed by atoms with van der Waals surface area (Å²) in [6, 6.07) is 12.5. The van der Waals surface area contributed by atoms with Crippen LogP contribution in [0.5, 0.6) is 0 Å². The number of amides is 1. The van der Waals surface area contributed by atoms with Crippen LogP contribution in [0.25, 0.3) is 0 Å². The molecule has 2 saturated heterocycles. The van der Waals surface area contributed by atoms with E-state index in [1.165, 1.54) is 11.6 Å². The topological polar surface area (TPSA) is 88.0 Å². The summed E-state index contributed by atoms with van der Waals surface area (Å²) in [6.07, 6.45) is 3.21. The zero-order valence-corrected chi connectivity index (χ0v) is 17.6. The number of nitrogens with zero attached hydrogens (tertiary/aromatic N) is 3. The molecule has 2 heterocycles. The maximum atomic E-state index is 12.7. The summed E-state index contributed by atoms with van der Waals surface area (Å²) >= 11 is 0. The van der Waals surface area contributed by atoms with E-state index >= 15 is 0 Å². The predicted octanol–water partition coefficient (Wildman–Crippen LogP) is 3.67. The number of nitro groups is 1. The summed E-state index contributed by atoms with van der Waals surface area (Å²) in [6.45, 7) is 5.83. The van der Waals surface area contributed by atoms with E-state index in [1.807, 2.05) is 29.2 Å². The summed E-state index contributed by atoms with van der Waals surface area (Å²) in [4.78, 5) is 28.3. The highest BCUT2D eigenvalue weighted by molar-refractivity contribution is 6.05. The number of nitro benzene ring substituents is 1. The molecule has 0 saturated carbocycles. The molecule has 164 valence electrons. The molecular formula is C23H28N4O4. The van der Waals surface area contributed by atoms with Crippen molar-refractivity contribution in [2.45, 2.75) is 25.8 Å². The van der Waals surface area contributed by atoms with Crippen LogP contribution >= 0.6 is 0 Å². The summed E-state index contributed by atoms with van der Waals surface area (Å²) in [7, 11) is 0. The van der Waals surface area contributed by atoms with Gasteiger partial charge in [-0.25, -0.2) is 0 Å². The van der Waals surface area contributed by atoms with Crippen molar-refractivity contribution in [1.29, 1.82) is 0 Å². The van der Waals surface area contributed by atoms with Gasteiger partial charge in [0.05, 0.1) is 18.1 Å². The molecule has 2 aromatic carbocycles. The van der Waals surface area contributed by atoms with Crippen LogP contribution in [-0.2, 0) is 11.3 Å². The van der Waals surface area contributed by atoms with Gasteiger partial charge in [0, 0.05) is 50.0 Å². The number of benzene rings is 2. The fourth-order valence-electron chi connectivity index (χ4n) is 4.13. The highest BCUT2D eigenvalue weighted by Gasteiger charge is 2.23. The van der Waals surface area contributed by atoms with E-state index in [0.717, 1.165) is 65.2 Å². The Kier molecular flexibility index (Phi) is 6.79. The number of hydrogen-bond acceptors (Lipinski definition) is 6. The molecule has 0 atom stereocenters. The van der Waals surface area contributed by atoms with Crippen molar-refractivity contribution in [1.82, 2.24) is 4.90 Å². The summed E-state index contributed by atoms with van der Waals surface area (Å²) < 4.78 is 5.37. The predicted molar refractivity (Wildman–Crippen MR) is 120 cm³/mol. The van der Waals surface area contributed by atoms with E-state index in [2.05, 4.69) is 10.2 Å². The van der Waals surface area contributed by atoms with Crippen LogP contribution in [0.4, 0.5) is 17.1 Å². The molecular weight excluding hydrogens is 396 g/mol. The number of carbonyl (C=O) groups excluding carboxylic acids is 1. The molecule has 0 bridgehead atoms. The number of nitrogens with one attached hydrogen (secondary N) is 1. The Morgan fingerprint density at radius 2 is 1.71 bits per heavy atom. The van der Waals surface area contributed by atoms with Crippen molar-refractivity contribution in [2.75, 3.05) is 49.6 Å². The quantitative estimate of drug-likeness (QED) is 0.562. The van der Waals surface area contributed by atoms with Gasteiger partial charge in [-0.2, -0.15) is 0 Å². The number of anilines is 2. The number of rotatable bonds is 6. The van der Waals surface area contributed by atoms with Crippen molar-refractivity contribution in [2.24, 2.45) is 0 Å². The monoisotopic (exact) mass is 424 g/mol. The lowest BCUT2D eigenvalue weighted by Crippen LogP contribution is -2.35. The van der Waals surface area contributed by atoms with Gasteiger partial charge in [0.25, 0.3) is 11.6 Å². The maximum Gasteiger partial charge on any atom is 0.293 e. The number of carbonyl (C=O) groups is 1. The largest absolute Gasteiger partial charge is 0.379 e. The van der Waals surface area contributed by atoms with E-state index in [0.29, 0.717) is 11.4 Å². The third-order valence-corrected chi connectivity index (χ3v) is 5.85. The average Bonchev–Trinajstić information content (AvgIpc) is 2.81. The molecule has 4 rings (SSSR count). The second-order valence-electron chi connectivity index (χ2n) is 8.05. The number of morpholine rings is 1. The van der Waals surface area contributed by atoms with Gasteiger partial charge in [0.15, 0.2) is 0 Å². The fourth-order valence-corrected chi connectivity index (χ4v) is 4.13. The van der Waals surface area contributed by atoms with Crippen LogP contribution in [0.3, 0.4) is 0 Å². The first-order valence-corrected chi connectivity index (χ1v) is 10.8. The molecule has 1 N–H and O–H groups in total. The van der Waals surface area contributed by atoms with Gasteiger partial charge in [-0.3, -0.25) is 19.8 Å². The highest BCUT2D eigenvalue weighted by atomic mass is 16.6. The molecule has 0 aromatic heterocycles. The molecule has 2 aliphatic heterocycles. The fraction of sp³-hybridized carbons (Fsp3) is 0.435. The van der Waals surface area contributed by atoms with E-state index in [1.54, 1.807) is 12.1 Å². The van der Waals surface area contributed by atoms with Gasteiger partial charge in [-0.1, -0.05) is 12.1 Å². The second-order valence-corrected chi connectivity index (χ2v) is 8.05. The zero-order valence-electron chi connectivity index (χ0n) is 17.6. The minimum Gasteiger partial charge on any atom is -0.379 e. The Bertz CT molecular complexity index is 920. The van der Waals surface area contributed by atoms with Crippen LogP contribution in [0.1, 0.15) is 35.2 Å². The molecule has 0 radical (unpaired) electrons. The standard InChI is InChI=1S/C23H28N4O4/c28-23(24-20-7-4-18(5-8-20)17-25-12-14-31-15-13-25)19-6-9-21(22(16-19)27(29)30)26-10-2-1-3-11-26/h4-9,16H,1-3,10-15,17H2,(H,24,28). The molecule has 2 aromatic rings. The molecule has 2 aliphatic rings. The third kappa shape index (κ3) is 5.39. The van der Waals surface area contributed by atoms with Crippen LogP contribution in [0, 0.1) is 10.1 Å². The molecule has 31 heavy (non-hydrogen) atoms. The van der Waals surface area contributed by atoms with Crippen molar-refractivity contribution in [3.05, 3.63) is 63.7 Å². The van der Waals surface area contributed by atoms with Crippen molar-refractivity contribution in [3.8, 4) is 0 Å². The summed E-state index contributed by atoms with van der Waals surface area (Å²) in [5.41, 5.74) is 2.69. The number of ether oxygens (including phenoxy) is 1. The normalized spacial score (nSPS) is 17.4. The van der Waals surface area contributed by atoms with Crippen molar-refractivity contribution in [3.63, 3.8) is 0 Å². The molecule has 8 nitrogen and oxygen atoms in total. The summed E-state index contributed by atoms with van der Waals surface area (Å²) in [5, 5.41) is 14.5. The van der Waals surface area contributed by atoms with Crippen LogP contribution in [0.2, 0.25) is 0 Å². The third-order valence-electron chi connectivity index (χ3n) is 5.85. The van der Waals surface area contributed by atoms with Gasteiger partial charge in [0.2, 0.25) is 0 Å². The lowest BCUT2D eigenvalue weighted by atomic mass is 10.1. The molecule has 8 heteroatoms. The van der Waals surface area contributed by atoms with Crippen LogP contribution in [0.15, 0.2) is 42.5 Å². The summed E-state index contributed by atoms with van der Waals surface area (Å²) in [5.74, 6) is -0.353. The van der Waals surface area contributed by atoms with Gasteiger partial charge in [-0.05, 0) is 49.1 Å². The SMILES string of the molecule is O=C(Nc1ccc(CN2CCOCC2)cc1)c1ccc(N2CCCCC2)c([N+](=O)[O-])c1. The Labute approximate surface area is 181 Å². The second kappa shape index (κ2) is 9.89. The smallest absolute Gasteiger partial charge is 0.293 e. The van der Waals surface area contributed by atoms with E-state index in [4.69, 9.17) is 4.74 Å². The molecule has 0 aliphatic carbocycles. The van der Waals surface area contributed by atoms with Crippen molar-refractivity contribution < 1.29 is 14.5 Å². The van der Waals surface area contributed by atoms with E-state index in [-0.39, 0.29) is 17.2 Å². The van der Waals surface area contributed by atoms with E-state index in [9.17, 15) is 14.9 Å². The Balaban J connectivity index is 1.42. The first-order valence-electron chi connectivity index (χ1n) is 10.8. The first kappa shape index (κ1) is 21.3. The van der Waals surface area contributed by atoms with Gasteiger partial charge in [-0.15, -0.1) is 0 Å². The minimum absolute atomic E-state index is 0.0181. The number of hydrogen-bond donors (Lipinski definition) is 1. The van der Waals surface area contributed by atoms with Crippen LogP contribution < -0.4 is 10.2 Å². The maximum absolute atomic E-state index is 12.7. The van der Waals surface area contributed by atoms with Crippen molar-refractivity contribution >= 4 is 23.0 Å². The number of piperidine rings is 1. The van der Waals surface area contributed by atoms with Crippen LogP contribution in [-0.4, -0.2) is 55.1 Å². The first-order chi connectivity index (χ1) is 15.1. The Hall–Kier alpha value is -2.97. The lowest BCUT2D eigenvalue weighted by Gasteiger charge is -2.28. The van der Waals surface area contributed by atoms with E-state index < -0.39 is 4.92 Å². The zero-order chi connectivity index (χ0) is 21.6. The van der Waals surface area contributed by atoms with Gasteiger partial charge < -0.3 is 15.0 Å². The van der Waals surface area contributed by atoms with Gasteiger partial charge in [0.1, 0.15) is 5.69 Å². The van der Waals surface area contributed by atoms with Gasteiger partial charge >= 0.3 is 0 Å². The molecule has 0 unspecified atom stereocenters. The molecule has 2 fully saturated rings. The molecule has 1 amide bonds. The Morgan fingerprint density at radius 3 is 2.39 bits per heavy atom.